The van der Waals surface area contributed by atoms with Crippen LogP contribution in [0.15, 0.2) is 68.4 Å². The number of carbonyl (C=O) groups excluding carboxylic acids is 1. The molecule has 0 radical (unpaired) electrons. The predicted octanol–water partition coefficient (Wildman–Crippen LogP) is 6.95. The minimum absolute atomic E-state index is 0.116. The Kier molecular flexibility index (Phi) is 7.05. The number of carbonyl (C=O) groups is 1. The van der Waals surface area contributed by atoms with Gasteiger partial charge in [0.05, 0.1) is 5.69 Å². The van der Waals surface area contributed by atoms with Crippen molar-refractivity contribution >= 4 is 51.9 Å². The number of anilines is 1. The summed E-state index contributed by atoms with van der Waals surface area (Å²) in [5.41, 5.74) is 2.36. The predicted molar refractivity (Wildman–Crippen MR) is 141 cm³/mol. The van der Waals surface area contributed by atoms with Gasteiger partial charge in [0.1, 0.15) is 9.93 Å². The summed E-state index contributed by atoms with van der Waals surface area (Å²) in [6.45, 7) is 3.60. The first-order chi connectivity index (χ1) is 16.2. The van der Waals surface area contributed by atoms with Crippen LogP contribution in [0.2, 0.25) is 5.02 Å². The number of amidine groups is 1. The van der Waals surface area contributed by atoms with Gasteiger partial charge in [-0.25, -0.2) is 0 Å². The van der Waals surface area contributed by atoms with Crippen molar-refractivity contribution in [2.45, 2.75) is 56.4 Å². The number of hydrogen-bond donors (Lipinski definition) is 0. The van der Waals surface area contributed by atoms with Crippen LogP contribution in [0.4, 0.5) is 5.69 Å². The Morgan fingerprint density at radius 1 is 1.06 bits per heavy atom. The third-order valence-corrected chi connectivity index (χ3v) is 9.04. The summed E-state index contributed by atoms with van der Waals surface area (Å²) < 4.78 is 0. The highest BCUT2D eigenvalue weighted by Crippen LogP contribution is 2.51. The normalized spacial score (nSPS) is 22.5. The summed E-state index contributed by atoms with van der Waals surface area (Å²) in [5, 5.41) is 2.60. The molecule has 2 aliphatic heterocycles. The summed E-state index contributed by atoms with van der Waals surface area (Å²) in [4.78, 5) is 25.0. The van der Waals surface area contributed by atoms with Crippen LogP contribution in [-0.4, -0.2) is 35.1 Å². The molecular weight excluding hydrogens is 470 g/mol. The van der Waals surface area contributed by atoms with Crippen LogP contribution >= 0.6 is 35.1 Å². The van der Waals surface area contributed by atoms with E-state index in [4.69, 9.17) is 16.6 Å². The molecule has 2 aromatic rings. The third-order valence-electron chi connectivity index (χ3n) is 6.42. The maximum atomic E-state index is 13.8. The van der Waals surface area contributed by atoms with E-state index in [2.05, 4.69) is 42.2 Å². The van der Waals surface area contributed by atoms with Crippen LogP contribution in [0.3, 0.4) is 0 Å². The van der Waals surface area contributed by atoms with Crippen LogP contribution in [0, 0.1) is 0 Å². The molecule has 1 aliphatic carbocycles. The number of rotatable bonds is 5. The molecule has 2 fully saturated rings. The second kappa shape index (κ2) is 10.2. The van der Waals surface area contributed by atoms with Crippen molar-refractivity contribution < 1.29 is 4.79 Å². The molecule has 33 heavy (non-hydrogen) atoms. The Labute approximate surface area is 209 Å². The second-order valence-corrected chi connectivity index (χ2v) is 11.0. The first-order valence-electron chi connectivity index (χ1n) is 11.7. The van der Waals surface area contributed by atoms with Gasteiger partial charge in [0.15, 0.2) is 5.17 Å². The first kappa shape index (κ1) is 22.9. The number of nitrogens with zero attached hydrogens (tertiary/aromatic N) is 3. The van der Waals surface area contributed by atoms with E-state index in [1.165, 1.54) is 24.8 Å². The lowest BCUT2D eigenvalue weighted by Gasteiger charge is -2.30. The van der Waals surface area contributed by atoms with Crippen LogP contribution in [-0.2, 0) is 11.2 Å². The first-order valence-corrected chi connectivity index (χ1v) is 13.8. The Bertz CT molecular complexity index is 1100. The van der Waals surface area contributed by atoms with Crippen molar-refractivity contribution in [3.8, 4) is 0 Å². The average Bonchev–Trinajstić information content (AvgIpc) is 3.36. The number of fused-ring (bicyclic) bond motifs is 1. The van der Waals surface area contributed by atoms with Crippen LogP contribution in [0.5, 0.6) is 0 Å². The molecule has 0 unspecified atom stereocenters. The number of thioether (sulfide) groups is 2. The minimum Gasteiger partial charge on any atom is -0.334 e. The van der Waals surface area contributed by atoms with Crippen molar-refractivity contribution in [1.82, 2.24) is 4.90 Å². The molecule has 7 heteroatoms. The van der Waals surface area contributed by atoms with Gasteiger partial charge in [-0.15, -0.1) is 0 Å². The maximum Gasteiger partial charge on any atom is 0.269 e. The molecule has 0 N–H and O–H groups in total. The van der Waals surface area contributed by atoms with E-state index in [1.807, 2.05) is 23.1 Å². The van der Waals surface area contributed by atoms with Crippen LogP contribution < -0.4 is 4.90 Å². The monoisotopic (exact) mass is 497 g/mol. The maximum absolute atomic E-state index is 13.8. The molecule has 1 saturated heterocycles. The number of halogens is 1. The zero-order valence-electron chi connectivity index (χ0n) is 18.8. The fourth-order valence-electron chi connectivity index (χ4n) is 4.75. The Hall–Kier alpha value is -1.89. The van der Waals surface area contributed by atoms with Gasteiger partial charge in [-0.1, -0.05) is 73.0 Å². The molecule has 2 heterocycles. The minimum atomic E-state index is 0.116. The summed E-state index contributed by atoms with van der Waals surface area (Å²) in [6.07, 6.45) is 6.63. The molecule has 172 valence electrons. The highest BCUT2D eigenvalue weighted by Gasteiger charge is 2.42. The highest BCUT2D eigenvalue weighted by molar-refractivity contribution is 8.19. The van der Waals surface area contributed by atoms with Crippen molar-refractivity contribution in [3.05, 3.63) is 69.1 Å². The fraction of sp³-hybridized carbons (Fsp3) is 0.385. The van der Waals surface area contributed by atoms with E-state index < -0.39 is 0 Å². The van der Waals surface area contributed by atoms with Crippen molar-refractivity contribution in [2.75, 3.05) is 18.0 Å². The molecule has 0 aromatic heterocycles. The summed E-state index contributed by atoms with van der Waals surface area (Å²) >= 11 is 9.52. The quantitative estimate of drug-likeness (QED) is 0.419. The van der Waals surface area contributed by atoms with E-state index in [1.54, 1.807) is 23.5 Å². The zero-order valence-corrected chi connectivity index (χ0v) is 21.2. The number of benzene rings is 2. The van der Waals surface area contributed by atoms with E-state index in [-0.39, 0.29) is 11.9 Å². The van der Waals surface area contributed by atoms with Crippen molar-refractivity contribution in [3.63, 3.8) is 0 Å². The van der Waals surface area contributed by atoms with Crippen molar-refractivity contribution in [1.29, 1.82) is 0 Å². The molecule has 1 amide bonds. The largest absolute Gasteiger partial charge is 0.334 e. The lowest BCUT2D eigenvalue weighted by atomic mass is 9.94. The SMILES string of the molecule is CCN1C(=C2SC(=NCCc3ccccc3)N(C3CCCCC3)C2=O)Sc2ccc(Cl)cc21. The molecule has 0 spiro atoms. The van der Waals surface area contributed by atoms with E-state index in [0.29, 0.717) is 6.54 Å². The number of amides is 1. The smallest absolute Gasteiger partial charge is 0.269 e. The molecule has 4 nitrogen and oxygen atoms in total. The molecule has 0 atom stereocenters. The van der Waals surface area contributed by atoms with Gasteiger partial charge in [0, 0.05) is 29.0 Å². The molecule has 1 saturated carbocycles. The van der Waals surface area contributed by atoms with E-state index in [0.717, 1.165) is 56.5 Å². The van der Waals surface area contributed by atoms with Gasteiger partial charge in [-0.2, -0.15) is 0 Å². The number of hydrogen-bond acceptors (Lipinski definition) is 5. The topological polar surface area (TPSA) is 35.9 Å². The Balaban J connectivity index is 1.46. The standard InChI is InChI=1S/C26H28ClN3OS2/c1-2-29-21-17-19(27)13-14-22(21)32-25(29)23-24(31)30(20-11-7-4-8-12-20)26(33-23)28-16-15-18-9-5-3-6-10-18/h3,5-6,9-10,13-14,17,20H,2,4,7-8,11-12,15-16H2,1H3. The zero-order chi connectivity index (χ0) is 22.8. The summed E-state index contributed by atoms with van der Waals surface area (Å²) in [6, 6.07) is 16.7. The second-order valence-electron chi connectivity index (χ2n) is 8.56. The molecular formula is C26H28ClN3OS2. The lowest BCUT2D eigenvalue weighted by molar-refractivity contribution is -0.124. The van der Waals surface area contributed by atoms with E-state index >= 15 is 0 Å². The van der Waals surface area contributed by atoms with Crippen LogP contribution in [0.1, 0.15) is 44.6 Å². The molecule has 0 bridgehead atoms. The fourth-order valence-corrected chi connectivity index (χ4v) is 7.35. The Morgan fingerprint density at radius 3 is 2.61 bits per heavy atom. The third kappa shape index (κ3) is 4.71. The van der Waals surface area contributed by atoms with Gasteiger partial charge in [0.2, 0.25) is 0 Å². The van der Waals surface area contributed by atoms with Gasteiger partial charge in [-0.3, -0.25) is 14.7 Å². The highest BCUT2D eigenvalue weighted by atomic mass is 35.5. The molecule has 2 aromatic carbocycles. The van der Waals surface area contributed by atoms with Crippen LogP contribution in [0.25, 0.3) is 0 Å². The molecule has 3 aliphatic rings. The van der Waals surface area contributed by atoms with E-state index in [9.17, 15) is 4.79 Å². The van der Waals surface area contributed by atoms with Gasteiger partial charge in [0.25, 0.3) is 5.91 Å². The van der Waals surface area contributed by atoms with Crippen molar-refractivity contribution in [2.24, 2.45) is 4.99 Å². The number of aliphatic imine (C=N–C) groups is 1. The van der Waals surface area contributed by atoms with Gasteiger partial charge < -0.3 is 4.90 Å². The summed E-state index contributed by atoms with van der Waals surface area (Å²) in [7, 11) is 0. The average molecular weight is 498 g/mol. The van der Waals surface area contributed by atoms with Gasteiger partial charge >= 0.3 is 0 Å². The Morgan fingerprint density at radius 2 is 1.85 bits per heavy atom. The molecule has 5 rings (SSSR count). The summed E-state index contributed by atoms with van der Waals surface area (Å²) in [5.74, 6) is 0.116. The van der Waals surface area contributed by atoms with Gasteiger partial charge in [-0.05, 0) is 61.7 Å². The lowest BCUT2D eigenvalue weighted by Crippen LogP contribution is -2.40.